The van der Waals surface area contributed by atoms with Gasteiger partial charge in [0, 0.05) is 50.9 Å². The van der Waals surface area contributed by atoms with Gasteiger partial charge < -0.3 is 25.8 Å². The molecule has 2 saturated heterocycles. The van der Waals surface area contributed by atoms with Crippen molar-refractivity contribution >= 4 is 23.5 Å². The first-order chi connectivity index (χ1) is 14.1. The van der Waals surface area contributed by atoms with Gasteiger partial charge >= 0.3 is 0 Å². The first-order valence-electron chi connectivity index (χ1n) is 10.5. The van der Waals surface area contributed by atoms with Gasteiger partial charge in [-0.1, -0.05) is 19.1 Å². The summed E-state index contributed by atoms with van der Waals surface area (Å²) < 4.78 is 0. The number of nitrogens with zero attached hydrogens (tertiary/aromatic N) is 3. The first kappa shape index (κ1) is 21.0. The molecule has 8 heteroatoms. The van der Waals surface area contributed by atoms with Crippen LogP contribution in [0, 0.1) is 0 Å². The molecule has 0 aromatic heterocycles. The van der Waals surface area contributed by atoms with Crippen LogP contribution < -0.4 is 20.9 Å². The van der Waals surface area contributed by atoms with E-state index >= 15 is 0 Å². The summed E-state index contributed by atoms with van der Waals surface area (Å²) in [6.07, 6.45) is 1.49. The second-order valence-electron chi connectivity index (χ2n) is 7.46. The van der Waals surface area contributed by atoms with Crippen molar-refractivity contribution in [2.45, 2.75) is 39.3 Å². The first-order valence-corrected chi connectivity index (χ1v) is 10.5. The number of amides is 2. The Balaban J connectivity index is 1.55. The van der Waals surface area contributed by atoms with Gasteiger partial charge in [0.2, 0.25) is 11.8 Å². The lowest BCUT2D eigenvalue weighted by Gasteiger charge is -2.28. The predicted octanol–water partition coefficient (Wildman–Crippen LogP) is 0.689. The molecule has 2 heterocycles. The number of aliphatic imine (C=N–C) groups is 1. The molecule has 2 amide bonds. The molecule has 1 atom stereocenters. The van der Waals surface area contributed by atoms with Gasteiger partial charge in [0.1, 0.15) is 0 Å². The SMILES string of the molecule is CCNC(=NCc1ccc(N2CCNC(=O)C2)cc1)NC1CCN(C(=O)CC)C1. The largest absolute Gasteiger partial charge is 0.360 e. The normalized spacial score (nSPS) is 19.9. The van der Waals surface area contributed by atoms with Crippen LogP contribution in [0.15, 0.2) is 29.3 Å². The Kier molecular flexibility index (Phi) is 7.32. The van der Waals surface area contributed by atoms with Crippen LogP contribution in [0.2, 0.25) is 0 Å². The van der Waals surface area contributed by atoms with E-state index in [0.29, 0.717) is 26.1 Å². The van der Waals surface area contributed by atoms with Crippen LogP contribution in [0.1, 0.15) is 32.3 Å². The Morgan fingerprint density at radius 1 is 1.24 bits per heavy atom. The molecule has 1 unspecified atom stereocenters. The minimum atomic E-state index is 0.0670. The predicted molar refractivity (Wildman–Crippen MR) is 115 cm³/mol. The fraction of sp³-hybridized carbons (Fsp3) is 0.571. The lowest BCUT2D eigenvalue weighted by Crippen LogP contribution is -2.47. The zero-order valence-electron chi connectivity index (χ0n) is 17.4. The number of benzene rings is 1. The van der Waals surface area contributed by atoms with E-state index in [1.165, 1.54) is 0 Å². The molecule has 0 spiro atoms. The number of hydrogen-bond donors (Lipinski definition) is 3. The summed E-state index contributed by atoms with van der Waals surface area (Å²) in [6, 6.07) is 8.46. The smallest absolute Gasteiger partial charge is 0.239 e. The quantitative estimate of drug-likeness (QED) is 0.483. The van der Waals surface area contributed by atoms with Crippen LogP contribution in [0.4, 0.5) is 5.69 Å². The van der Waals surface area contributed by atoms with E-state index in [1.807, 2.05) is 18.7 Å². The zero-order chi connectivity index (χ0) is 20.6. The molecule has 2 aliphatic heterocycles. The van der Waals surface area contributed by atoms with Crippen LogP contribution in [-0.4, -0.2) is 68.0 Å². The Bertz CT molecular complexity index is 733. The maximum Gasteiger partial charge on any atom is 0.239 e. The van der Waals surface area contributed by atoms with Crippen LogP contribution in [0.3, 0.4) is 0 Å². The van der Waals surface area contributed by atoms with Gasteiger partial charge in [-0.15, -0.1) is 0 Å². The lowest BCUT2D eigenvalue weighted by molar-refractivity contribution is -0.129. The van der Waals surface area contributed by atoms with Crippen molar-refractivity contribution in [3.63, 3.8) is 0 Å². The third-order valence-corrected chi connectivity index (χ3v) is 5.29. The van der Waals surface area contributed by atoms with Crippen LogP contribution in [0.5, 0.6) is 0 Å². The van der Waals surface area contributed by atoms with Crippen molar-refractivity contribution in [2.24, 2.45) is 4.99 Å². The number of rotatable bonds is 6. The highest BCUT2D eigenvalue weighted by molar-refractivity contribution is 5.82. The fourth-order valence-electron chi connectivity index (χ4n) is 3.68. The number of hydrogen-bond acceptors (Lipinski definition) is 4. The summed E-state index contributed by atoms with van der Waals surface area (Å²) >= 11 is 0. The highest BCUT2D eigenvalue weighted by Crippen LogP contribution is 2.16. The number of piperazine rings is 1. The molecule has 2 aliphatic rings. The number of guanidine groups is 1. The van der Waals surface area contributed by atoms with E-state index in [1.54, 1.807) is 0 Å². The maximum atomic E-state index is 11.9. The number of carbonyl (C=O) groups is 2. The molecule has 1 aromatic rings. The van der Waals surface area contributed by atoms with Crippen molar-refractivity contribution in [2.75, 3.05) is 44.2 Å². The molecule has 0 radical (unpaired) electrons. The van der Waals surface area contributed by atoms with Gasteiger partial charge in [-0.05, 0) is 31.0 Å². The zero-order valence-corrected chi connectivity index (χ0v) is 17.4. The topological polar surface area (TPSA) is 89.1 Å². The summed E-state index contributed by atoms with van der Waals surface area (Å²) in [7, 11) is 0. The molecule has 0 aliphatic carbocycles. The van der Waals surface area contributed by atoms with Gasteiger partial charge in [0.25, 0.3) is 0 Å². The standard InChI is InChI=1S/C21H32N6O2/c1-3-20(29)27-11-9-17(14-27)25-21(22-4-2)24-13-16-5-7-18(8-6-16)26-12-10-23-19(28)15-26/h5-8,17H,3-4,9-15H2,1-2H3,(H,23,28)(H2,22,24,25). The Morgan fingerprint density at radius 3 is 2.72 bits per heavy atom. The van der Waals surface area contributed by atoms with Gasteiger partial charge in [-0.25, -0.2) is 4.99 Å². The maximum absolute atomic E-state index is 11.9. The van der Waals surface area contributed by atoms with Gasteiger partial charge in [0.15, 0.2) is 5.96 Å². The fourth-order valence-corrected chi connectivity index (χ4v) is 3.68. The Morgan fingerprint density at radius 2 is 2.03 bits per heavy atom. The van der Waals surface area contributed by atoms with E-state index < -0.39 is 0 Å². The second kappa shape index (κ2) is 10.1. The highest BCUT2D eigenvalue weighted by Gasteiger charge is 2.25. The summed E-state index contributed by atoms with van der Waals surface area (Å²) in [4.78, 5) is 32.1. The number of likely N-dealkylation sites (tertiary alicyclic amines) is 1. The average Bonchev–Trinajstić information content (AvgIpc) is 3.20. The summed E-state index contributed by atoms with van der Waals surface area (Å²) in [5, 5.41) is 9.59. The Labute approximate surface area is 172 Å². The minimum Gasteiger partial charge on any atom is -0.360 e. The molecule has 0 saturated carbocycles. The van der Waals surface area contributed by atoms with E-state index in [2.05, 4.69) is 45.1 Å². The van der Waals surface area contributed by atoms with Crippen molar-refractivity contribution in [3.05, 3.63) is 29.8 Å². The molecule has 1 aromatic carbocycles. The molecule has 3 rings (SSSR count). The molecule has 29 heavy (non-hydrogen) atoms. The van der Waals surface area contributed by atoms with E-state index in [-0.39, 0.29) is 17.9 Å². The average molecular weight is 401 g/mol. The van der Waals surface area contributed by atoms with Gasteiger partial charge in [0.05, 0.1) is 13.1 Å². The molecule has 158 valence electrons. The number of anilines is 1. The molecule has 0 bridgehead atoms. The van der Waals surface area contributed by atoms with Gasteiger partial charge in [-0.3, -0.25) is 9.59 Å². The molecule has 2 fully saturated rings. The highest BCUT2D eigenvalue weighted by atomic mass is 16.2. The Hall–Kier alpha value is -2.77. The summed E-state index contributed by atoms with van der Waals surface area (Å²) in [6.45, 7) is 8.76. The third-order valence-electron chi connectivity index (χ3n) is 5.29. The van der Waals surface area contributed by atoms with Crippen LogP contribution in [0.25, 0.3) is 0 Å². The monoisotopic (exact) mass is 400 g/mol. The van der Waals surface area contributed by atoms with E-state index in [9.17, 15) is 9.59 Å². The number of nitrogens with one attached hydrogen (secondary N) is 3. The number of carbonyl (C=O) groups excluding carboxylic acids is 2. The van der Waals surface area contributed by atoms with E-state index in [4.69, 9.17) is 4.99 Å². The molecule has 3 N–H and O–H groups in total. The molecular weight excluding hydrogens is 368 g/mol. The second-order valence-corrected chi connectivity index (χ2v) is 7.46. The van der Waals surface area contributed by atoms with Crippen molar-refractivity contribution < 1.29 is 9.59 Å². The van der Waals surface area contributed by atoms with Crippen molar-refractivity contribution in [3.8, 4) is 0 Å². The van der Waals surface area contributed by atoms with Crippen molar-refractivity contribution in [1.82, 2.24) is 20.9 Å². The summed E-state index contributed by atoms with van der Waals surface area (Å²) in [5.74, 6) is 1.06. The van der Waals surface area contributed by atoms with Crippen LogP contribution in [-0.2, 0) is 16.1 Å². The third kappa shape index (κ3) is 5.85. The van der Waals surface area contributed by atoms with Gasteiger partial charge in [-0.2, -0.15) is 0 Å². The van der Waals surface area contributed by atoms with Crippen LogP contribution >= 0.6 is 0 Å². The lowest BCUT2D eigenvalue weighted by atomic mass is 10.2. The molecular formula is C21H32N6O2. The minimum absolute atomic E-state index is 0.0670. The summed E-state index contributed by atoms with van der Waals surface area (Å²) in [5.41, 5.74) is 2.17. The van der Waals surface area contributed by atoms with E-state index in [0.717, 1.165) is 49.8 Å². The molecule has 8 nitrogen and oxygen atoms in total. The van der Waals surface area contributed by atoms with Crippen molar-refractivity contribution in [1.29, 1.82) is 0 Å².